The van der Waals surface area contributed by atoms with Gasteiger partial charge in [0.2, 0.25) is 0 Å². The lowest BCUT2D eigenvalue weighted by Gasteiger charge is -2.37. The molecule has 1 aliphatic heterocycles. The summed E-state index contributed by atoms with van der Waals surface area (Å²) in [6, 6.07) is 9.40. The van der Waals surface area contributed by atoms with Crippen molar-refractivity contribution < 1.29 is 0 Å². The van der Waals surface area contributed by atoms with Crippen molar-refractivity contribution in [3.63, 3.8) is 0 Å². The van der Waals surface area contributed by atoms with Crippen molar-refractivity contribution in [2.45, 2.75) is 32.4 Å². The van der Waals surface area contributed by atoms with E-state index in [0.29, 0.717) is 6.04 Å². The van der Waals surface area contributed by atoms with Crippen molar-refractivity contribution in [3.8, 4) is 0 Å². The Kier molecular flexibility index (Phi) is 3.08. The highest BCUT2D eigenvalue weighted by Crippen LogP contribution is 2.29. The fourth-order valence-corrected chi connectivity index (χ4v) is 3.19. The average molecular weight is 221 g/mol. The predicted octanol–water partition coefficient (Wildman–Crippen LogP) is 3.15. The molecule has 1 atom stereocenters. The van der Waals surface area contributed by atoms with E-state index in [1.807, 2.05) is 11.8 Å². The summed E-state index contributed by atoms with van der Waals surface area (Å²) in [6.45, 7) is 6.69. The highest BCUT2D eigenvalue weighted by molar-refractivity contribution is 7.99. The molecule has 15 heavy (non-hydrogen) atoms. The summed E-state index contributed by atoms with van der Waals surface area (Å²) in [7, 11) is 0. The monoisotopic (exact) mass is 221 g/mol. The summed E-state index contributed by atoms with van der Waals surface area (Å²) >= 11 is 2.05. The van der Waals surface area contributed by atoms with Crippen LogP contribution in [0.1, 0.15) is 31.0 Å². The third-order valence-electron chi connectivity index (χ3n) is 2.79. The Morgan fingerprint density at radius 2 is 1.93 bits per heavy atom. The smallest absolute Gasteiger partial charge is 0.0416 e. The van der Waals surface area contributed by atoms with Gasteiger partial charge < -0.3 is 5.32 Å². The molecule has 1 aliphatic rings. The molecule has 82 valence electrons. The van der Waals surface area contributed by atoms with Gasteiger partial charge in [-0.15, -0.1) is 0 Å². The molecule has 0 saturated carbocycles. The highest BCUT2D eigenvalue weighted by atomic mass is 32.2. The van der Waals surface area contributed by atoms with E-state index >= 15 is 0 Å². The van der Waals surface area contributed by atoms with Gasteiger partial charge >= 0.3 is 0 Å². The Bertz CT molecular complexity index is 329. The lowest BCUT2D eigenvalue weighted by molar-refractivity contribution is 0.376. The van der Waals surface area contributed by atoms with E-state index < -0.39 is 0 Å². The van der Waals surface area contributed by atoms with Crippen LogP contribution in [0.25, 0.3) is 0 Å². The zero-order valence-electron chi connectivity index (χ0n) is 9.71. The molecule has 1 saturated heterocycles. The minimum Gasteiger partial charge on any atom is -0.303 e. The summed E-state index contributed by atoms with van der Waals surface area (Å²) in [5.41, 5.74) is 3.01. The molecular formula is C13H19NS. The number of thioether (sulfide) groups is 1. The van der Waals surface area contributed by atoms with Gasteiger partial charge in [-0.3, -0.25) is 0 Å². The van der Waals surface area contributed by atoms with Crippen molar-refractivity contribution in [2.24, 2.45) is 0 Å². The topological polar surface area (TPSA) is 12.0 Å². The molecule has 0 amide bonds. The van der Waals surface area contributed by atoms with Gasteiger partial charge in [-0.05, 0) is 26.3 Å². The SMILES string of the molecule is Cc1ccc(C2CSCC(C)(C)N2)cc1. The van der Waals surface area contributed by atoms with Crippen LogP contribution in [0.5, 0.6) is 0 Å². The van der Waals surface area contributed by atoms with E-state index in [0.717, 1.165) is 0 Å². The molecule has 1 unspecified atom stereocenters. The molecule has 2 heteroatoms. The van der Waals surface area contributed by atoms with Gasteiger partial charge in [0.05, 0.1) is 0 Å². The Hall–Kier alpha value is -0.470. The quantitative estimate of drug-likeness (QED) is 0.782. The Balaban J connectivity index is 2.13. The third-order valence-corrected chi connectivity index (χ3v) is 4.29. The van der Waals surface area contributed by atoms with Crippen LogP contribution in [-0.4, -0.2) is 17.0 Å². The van der Waals surface area contributed by atoms with Crippen LogP contribution in [0.4, 0.5) is 0 Å². The van der Waals surface area contributed by atoms with Gasteiger partial charge in [-0.1, -0.05) is 29.8 Å². The number of hydrogen-bond donors (Lipinski definition) is 1. The van der Waals surface area contributed by atoms with Gasteiger partial charge in [0, 0.05) is 23.1 Å². The van der Waals surface area contributed by atoms with Crippen LogP contribution < -0.4 is 5.32 Å². The van der Waals surface area contributed by atoms with E-state index in [9.17, 15) is 0 Å². The molecule has 0 aliphatic carbocycles. The summed E-state index contributed by atoms with van der Waals surface area (Å²) in [5, 5.41) is 3.71. The lowest BCUT2D eigenvalue weighted by atomic mass is 10.0. The Morgan fingerprint density at radius 1 is 1.27 bits per heavy atom. The molecule has 1 nitrogen and oxygen atoms in total. The maximum Gasteiger partial charge on any atom is 0.0416 e. The molecular weight excluding hydrogens is 202 g/mol. The molecule has 0 spiro atoms. The zero-order valence-corrected chi connectivity index (χ0v) is 10.5. The Morgan fingerprint density at radius 3 is 2.53 bits per heavy atom. The second-order valence-electron chi connectivity index (χ2n) is 5.01. The molecule has 1 heterocycles. The fourth-order valence-electron chi connectivity index (χ4n) is 1.97. The van der Waals surface area contributed by atoms with Crippen molar-refractivity contribution in [1.82, 2.24) is 5.32 Å². The van der Waals surface area contributed by atoms with E-state index in [1.165, 1.54) is 22.6 Å². The van der Waals surface area contributed by atoms with Crippen molar-refractivity contribution in [3.05, 3.63) is 35.4 Å². The molecule has 0 aromatic heterocycles. The van der Waals surface area contributed by atoms with Crippen LogP contribution in [-0.2, 0) is 0 Å². The first-order valence-corrected chi connectivity index (χ1v) is 6.64. The molecule has 1 aromatic rings. The first kappa shape index (κ1) is 11.0. The summed E-state index contributed by atoms with van der Waals surface area (Å²) in [5.74, 6) is 2.39. The molecule has 1 fully saturated rings. The third kappa shape index (κ3) is 2.76. The molecule has 0 radical (unpaired) electrons. The standard InChI is InChI=1S/C13H19NS/c1-10-4-6-11(7-5-10)12-8-15-9-13(2,3)14-12/h4-7,12,14H,8-9H2,1-3H3. The lowest BCUT2D eigenvalue weighted by Crippen LogP contribution is -2.48. The van der Waals surface area contributed by atoms with E-state index in [4.69, 9.17) is 0 Å². The maximum absolute atomic E-state index is 3.71. The fraction of sp³-hybridized carbons (Fsp3) is 0.538. The van der Waals surface area contributed by atoms with Gasteiger partial charge in [-0.25, -0.2) is 0 Å². The number of benzene rings is 1. The van der Waals surface area contributed by atoms with Crippen LogP contribution in [0, 0.1) is 6.92 Å². The van der Waals surface area contributed by atoms with E-state index in [-0.39, 0.29) is 5.54 Å². The first-order chi connectivity index (χ1) is 7.07. The molecule has 0 bridgehead atoms. The average Bonchev–Trinajstić information content (AvgIpc) is 2.17. The first-order valence-electron chi connectivity index (χ1n) is 5.49. The normalized spacial score (nSPS) is 25.1. The van der Waals surface area contributed by atoms with Gasteiger partial charge in [0.25, 0.3) is 0 Å². The van der Waals surface area contributed by atoms with Gasteiger partial charge in [0.1, 0.15) is 0 Å². The Labute approximate surface area is 96.7 Å². The second-order valence-corrected chi connectivity index (χ2v) is 6.04. The largest absolute Gasteiger partial charge is 0.303 e. The summed E-state index contributed by atoms with van der Waals surface area (Å²) < 4.78 is 0. The number of hydrogen-bond acceptors (Lipinski definition) is 2. The number of aryl methyl sites for hydroxylation is 1. The van der Waals surface area contributed by atoms with Gasteiger partial charge in [-0.2, -0.15) is 11.8 Å². The van der Waals surface area contributed by atoms with E-state index in [1.54, 1.807) is 0 Å². The molecule has 1 aromatic carbocycles. The molecule has 1 N–H and O–H groups in total. The van der Waals surface area contributed by atoms with Crippen LogP contribution in [0.15, 0.2) is 24.3 Å². The summed E-state index contributed by atoms with van der Waals surface area (Å²) in [6.07, 6.45) is 0. The minimum absolute atomic E-state index is 0.262. The second kappa shape index (κ2) is 4.18. The van der Waals surface area contributed by atoms with Crippen molar-refractivity contribution in [2.75, 3.05) is 11.5 Å². The van der Waals surface area contributed by atoms with Gasteiger partial charge in [0.15, 0.2) is 0 Å². The predicted molar refractivity (Wildman–Crippen MR) is 68.5 cm³/mol. The number of rotatable bonds is 1. The maximum atomic E-state index is 3.71. The van der Waals surface area contributed by atoms with Crippen molar-refractivity contribution in [1.29, 1.82) is 0 Å². The summed E-state index contributed by atoms with van der Waals surface area (Å²) in [4.78, 5) is 0. The van der Waals surface area contributed by atoms with Crippen molar-refractivity contribution >= 4 is 11.8 Å². The van der Waals surface area contributed by atoms with Crippen LogP contribution in [0.3, 0.4) is 0 Å². The van der Waals surface area contributed by atoms with Crippen LogP contribution in [0.2, 0.25) is 0 Å². The van der Waals surface area contributed by atoms with Crippen LogP contribution >= 0.6 is 11.8 Å². The minimum atomic E-state index is 0.262. The number of nitrogens with one attached hydrogen (secondary N) is 1. The zero-order chi connectivity index (χ0) is 10.9. The van der Waals surface area contributed by atoms with E-state index in [2.05, 4.69) is 50.4 Å². The highest BCUT2D eigenvalue weighted by Gasteiger charge is 2.27. The molecule has 2 rings (SSSR count).